The molecule has 2 amide bonds. The topological polar surface area (TPSA) is 84.2 Å². The van der Waals surface area contributed by atoms with E-state index in [0.29, 0.717) is 4.47 Å². The SMILES string of the molecule is NC(=S)CNC(=O)C(=O)Nc1ccc(F)cc1Br. The molecule has 0 unspecified atom stereocenters. The van der Waals surface area contributed by atoms with Gasteiger partial charge in [-0.3, -0.25) is 9.59 Å². The largest absolute Gasteiger partial charge is 0.392 e. The fourth-order valence-corrected chi connectivity index (χ4v) is 1.54. The third-order valence-corrected chi connectivity index (χ3v) is 2.61. The van der Waals surface area contributed by atoms with Crippen molar-refractivity contribution in [2.75, 3.05) is 11.9 Å². The van der Waals surface area contributed by atoms with Gasteiger partial charge in [0.15, 0.2) is 0 Å². The lowest BCUT2D eigenvalue weighted by molar-refractivity contribution is -0.135. The lowest BCUT2D eigenvalue weighted by Crippen LogP contribution is -2.39. The van der Waals surface area contributed by atoms with Gasteiger partial charge in [-0.15, -0.1) is 0 Å². The first kappa shape index (κ1) is 14.5. The van der Waals surface area contributed by atoms with E-state index in [4.69, 9.17) is 5.73 Å². The smallest absolute Gasteiger partial charge is 0.313 e. The normalized spacial score (nSPS) is 9.67. The summed E-state index contributed by atoms with van der Waals surface area (Å²) in [7, 11) is 0. The number of carbonyl (C=O) groups is 2. The van der Waals surface area contributed by atoms with Crippen LogP contribution >= 0.6 is 28.1 Å². The highest BCUT2D eigenvalue weighted by Crippen LogP contribution is 2.22. The van der Waals surface area contributed by atoms with Crippen molar-refractivity contribution in [3.05, 3.63) is 28.5 Å². The molecule has 18 heavy (non-hydrogen) atoms. The Morgan fingerprint density at radius 3 is 2.61 bits per heavy atom. The first-order valence-electron chi connectivity index (χ1n) is 4.72. The fourth-order valence-electron chi connectivity index (χ4n) is 1.02. The first-order chi connectivity index (χ1) is 8.40. The van der Waals surface area contributed by atoms with E-state index in [1.807, 2.05) is 0 Å². The molecule has 0 aliphatic carbocycles. The van der Waals surface area contributed by atoms with Crippen LogP contribution in [-0.2, 0) is 9.59 Å². The molecule has 0 aliphatic heterocycles. The van der Waals surface area contributed by atoms with E-state index in [-0.39, 0.29) is 17.2 Å². The Morgan fingerprint density at radius 2 is 2.06 bits per heavy atom. The van der Waals surface area contributed by atoms with Gasteiger partial charge in [-0.2, -0.15) is 0 Å². The van der Waals surface area contributed by atoms with Gasteiger partial charge in [-0.1, -0.05) is 12.2 Å². The van der Waals surface area contributed by atoms with Crippen molar-refractivity contribution >= 4 is 50.6 Å². The van der Waals surface area contributed by atoms with Crippen LogP contribution in [0.5, 0.6) is 0 Å². The summed E-state index contributed by atoms with van der Waals surface area (Å²) >= 11 is 7.61. The zero-order valence-electron chi connectivity index (χ0n) is 9.00. The Labute approximate surface area is 116 Å². The van der Waals surface area contributed by atoms with Crippen LogP contribution < -0.4 is 16.4 Å². The number of halogens is 2. The molecule has 1 rings (SSSR count). The number of rotatable bonds is 3. The van der Waals surface area contributed by atoms with Crippen molar-refractivity contribution < 1.29 is 14.0 Å². The second-order valence-electron chi connectivity index (χ2n) is 3.23. The lowest BCUT2D eigenvalue weighted by atomic mass is 10.3. The van der Waals surface area contributed by atoms with Gasteiger partial charge in [-0.25, -0.2) is 4.39 Å². The number of anilines is 1. The van der Waals surface area contributed by atoms with Crippen molar-refractivity contribution in [3.63, 3.8) is 0 Å². The maximum absolute atomic E-state index is 12.8. The fraction of sp³-hybridized carbons (Fsp3) is 0.100. The zero-order valence-corrected chi connectivity index (χ0v) is 11.4. The highest BCUT2D eigenvalue weighted by Gasteiger charge is 2.14. The van der Waals surface area contributed by atoms with Crippen LogP contribution in [0.3, 0.4) is 0 Å². The number of carbonyl (C=O) groups excluding carboxylic acids is 2. The first-order valence-corrected chi connectivity index (χ1v) is 5.93. The molecule has 0 radical (unpaired) electrons. The number of amides is 2. The molecular weight excluding hydrogens is 325 g/mol. The predicted octanol–water partition coefficient (Wildman–Crippen LogP) is 0.929. The van der Waals surface area contributed by atoms with Crippen molar-refractivity contribution in [3.8, 4) is 0 Å². The minimum Gasteiger partial charge on any atom is -0.392 e. The molecule has 0 saturated heterocycles. The summed E-state index contributed by atoms with van der Waals surface area (Å²) < 4.78 is 13.1. The van der Waals surface area contributed by atoms with E-state index in [1.54, 1.807) is 0 Å². The van der Waals surface area contributed by atoms with Gasteiger partial charge in [0, 0.05) is 4.47 Å². The van der Waals surface area contributed by atoms with Crippen molar-refractivity contribution in [1.29, 1.82) is 0 Å². The Balaban J connectivity index is 2.64. The Hall–Kier alpha value is -1.54. The Morgan fingerprint density at radius 1 is 1.39 bits per heavy atom. The Bertz CT molecular complexity index is 510. The molecule has 0 fully saturated rings. The molecule has 0 aromatic heterocycles. The second kappa shape index (κ2) is 6.41. The molecule has 1 aromatic carbocycles. The van der Waals surface area contributed by atoms with E-state index >= 15 is 0 Å². The lowest BCUT2D eigenvalue weighted by Gasteiger charge is -2.07. The molecular formula is C10H9BrFN3O2S. The third-order valence-electron chi connectivity index (χ3n) is 1.81. The van der Waals surface area contributed by atoms with E-state index < -0.39 is 17.6 Å². The van der Waals surface area contributed by atoms with Crippen LogP contribution in [0, 0.1) is 5.82 Å². The van der Waals surface area contributed by atoms with Crippen LogP contribution in [0.1, 0.15) is 0 Å². The maximum atomic E-state index is 12.8. The standard InChI is InChI=1S/C10H9BrFN3O2S/c11-6-3-5(12)1-2-7(6)15-10(17)9(16)14-4-8(13)18/h1-3H,4H2,(H2,13,18)(H,14,16)(H,15,17). The van der Waals surface area contributed by atoms with Gasteiger partial charge < -0.3 is 16.4 Å². The predicted molar refractivity (Wildman–Crippen MR) is 72.5 cm³/mol. The molecule has 4 N–H and O–H groups in total. The summed E-state index contributed by atoms with van der Waals surface area (Å²) in [6.45, 7) is -0.0633. The van der Waals surface area contributed by atoms with Crippen LogP contribution in [-0.4, -0.2) is 23.3 Å². The van der Waals surface area contributed by atoms with Gasteiger partial charge in [-0.05, 0) is 34.1 Å². The minimum absolute atomic E-state index is 0.0633. The van der Waals surface area contributed by atoms with Gasteiger partial charge >= 0.3 is 11.8 Å². The number of benzene rings is 1. The van der Waals surface area contributed by atoms with Crippen molar-refractivity contribution in [2.45, 2.75) is 0 Å². The van der Waals surface area contributed by atoms with E-state index in [2.05, 4.69) is 38.8 Å². The number of thiocarbonyl (C=S) groups is 1. The van der Waals surface area contributed by atoms with Crippen LogP contribution in [0.15, 0.2) is 22.7 Å². The zero-order chi connectivity index (χ0) is 13.7. The Kier molecular flexibility index (Phi) is 5.17. The molecule has 0 saturated carbocycles. The molecule has 0 spiro atoms. The molecule has 1 aromatic rings. The van der Waals surface area contributed by atoms with E-state index in [0.717, 1.165) is 6.07 Å². The van der Waals surface area contributed by atoms with Gasteiger partial charge in [0.2, 0.25) is 0 Å². The summed E-state index contributed by atoms with van der Waals surface area (Å²) in [4.78, 5) is 22.8. The monoisotopic (exact) mass is 333 g/mol. The third kappa shape index (κ3) is 4.38. The summed E-state index contributed by atoms with van der Waals surface area (Å²) in [5.74, 6) is -2.23. The van der Waals surface area contributed by atoms with Crippen LogP contribution in [0.2, 0.25) is 0 Å². The van der Waals surface area contributed by atoms with Crippen molar-refractivity contribution in [1.82, 2.24) is 5.32 Å². The quantitative estimate of drug-likeness (QED) is 0.567. The minimum atomic E-state index is -0.890. The van der Waals surface area contributed by atoms with Gasteiger partial charge in [0.1, 0.15) is 5.82 Å². The molecule has 8 heteroatoms. The van der Waals surface area contributed by atoms with Crippen LogP contribution in [0.4, 0.5) is 10.1 Å². The van der Waals surface area contributed by atoms with Gasteiger partial charge in [0.05, 0.1) is 17.2 Å². The summed E-state index contributed by atoms with van der Waals surface area (Å²) in [6, 6.07) is 3.66. The average molecular weight is 334 g/mol. The van der Waals surface area contributed by atoms with Crippen molar-refractivity contribution in [2.24, 2.45) is 5.73 Å². The summed E-state index contributed by atoms with van der Waals surface area (Å²) in [5, 5.41) is 4.54. The van der Waals surface area contributed by atoms with Crippen LogP contribution in [0.25, 0.3) is 0 Å². The molecule has 0 aliphatic rings. The maximum Gasteiger partial charge on any atom is 0.313 e. The van der Waals surface area contributed by atoms with E-state index in [1.165, 1.54) is 12.1 Å². The molecule has 0 bridgehead atoms. The summed E-state index contributed by atoms with van der Waals surface area (Å²) in [5.41, 5.74) is 5.45. The number of hydrogen-bond acceptors (Lipinski definition) is 3. The van der Waals surface area contributed by atoms with E-state index in [9.17, 15) is 14.0 Å². The highest BCUT2D eigenvalue weighted by molar-refractivity contribution is 9.10. The van der Waals surface area contributed by atoms with Gasteiger partial charge in [0.25, 0.3) is 0 Å². The number of nitrogens with one attached hydrogen (secondary N) is 2. The highest BCUT2D eigenvalue weighted by atomic mass is 79.9. The molecule has 5 nitrogen and oxygen atoms in total. The average Bonchev–Trinajstić information content (AvgIpc) is 2.29. The molecule has 96 valence electrons. The number of nitrogens with two attached hydrogens (primary N) is 1. The number of hydrogen-bond donors (Lipinski definition) is 3. The second-order valence-corrected chi connectivity index (χ2v) is 4.61. The molecule has 0 heterocycles. The molecule has 0 atom stereocenters. The summed E-state index contributed by atoms with van der Waals surface area (Å²) in [6.07, 6.45) is 0.